The fourth-order valence-electron chi connectivity index (χ4n) is 1.45. The number of likely N-dealkylation sites (N-methyl/N-ethyl adjacent to an activating group) is 1. The fourth-order valence-corrected chi connectivity index (χ4v) is 1.45. The Balaban J connectivity index is 2.59. The summed E-state index contributed by atoms with van der Waals surface area (Å²) in [4.78, 5) is 17.0. The highest BCUT2D eigenvalue weighted by molar-refractivity contribution is 5.75. The molecule has 5 nitrogen and oxygen atoms in total. The summed E-state index contributed by atoms with van der Waals surface area (Å²) in [5.74, 6) is 0.526. The number of primary amides is 1. The smallest absolute Gasteiger partial charge is 0.231 e. The van der Waals surface area contributed by atoms with Crippen molar-refractivity contribution in [1.82, 2.24) is 9.88 Å². The SMILES string of the molecule is CCNc1cccc(CN(C)CC(N)=O)n1. The molecule has 16 heavy (non-hydrogen) atoms. The molecule has 0 unspecified atom stereocenters. The molecule has 0 saturated heterocycles. The van der Waals surface area contributed by atoms with Gasteiger partial charge in [0.2, 0.25) is 5.91 Å². The molecule has 1 heterocycles. The maximum absolute atomic E-state index is 10.7. The number of nitrogens with zero attached hydrogens (tertiary/aromatic N) is 2. The lowest BCUT2D eigenvalue weighted by Crippen LogP contribution is -2.30. The van der Waals surface area contributed by atoms with Crippen molar-refractivity contribution in [3.63, 3.8) is 0 Å². The van der Waals surface area contributed by atoms with Gasteiger partial charge in [-0.2, -0.15) is 0 Å². The van der Waals surface area contributed by atoms with Crippen LogP contribution < -0.4 is 11.1 Å². The van der Waals surface area contributed by atoms with Crippen LogP contribution >= 0.6 is 0 Å². The van der Waals surface area contributed by atoms with Gasteiger partial charge in [-0.05, 0) is 26.1 Å². The van der Waals surface area contributed by atoms with Crippen LogP contribution in [0.3, 0.4) is 0 Å². The van der Waals surface area contributed by atoms with E-state index in [9.17, 15) is 4.79 Å². The van der Waals surface area contributed by atoms with Gasteiger partial charge in [-0.1, -0.05) is 6.07 Å². The molecular formula is C11H18N4O. The van der Waals surface area contributed by atoms with Crippen LogP contribution in [-0.4, -0.2) is 35.9 Å². The van der Waals surface area contributed by atoms with Crippen molar-refractivity contribution in [2.75, 3.05) is 25.5 Å². The van der Waals surface area contributed by atoms with Gasteiger partial charge >= 0.3 is 0 Å². The molecule has 0 aliphatic carbocycles. The third kappa shape index (κ3) is 4.27. The minimum atomic E-state index is -0.328. The standard InChI is InChI=1S/C11H18N4O/c1-3-13-11-6-4-5-9(14-11)7-15(2)8-10(12)16/h4-6H,3,7-8H2,1-2H3,(H2,12,16)(H,13,14). The molecule has 88 valence electrons. The molecule has 0 radical (unpaired) electrons. The lowest BCUT2D eigenvalue weighted by molar-refractivity contribution is -0.118. The molecule has 0 aliphatic heterocycles. The number of hydrogen-bond donors (Lipinski definition) is 2. The number of hydrogen-bond acceptors (Lipinski definition) is 4. The maximum Gasteiger partial charge on any atom is 0.231 e. The van der Waals surface area contributed by atoms with Crippen molar-refractivity contribution in [3.8, 4) is 0 Å². The summed E-state index contributed by atoms with van der Waals surface area (Å²) in [5.41, 5.74) is 6.03. The second-order valence-corrected chi connectivity index (χ2v) is 3.68. The Morgan fingerprint density at radius 1 is 1.56 bits per heavy atom. The van der Waals surface area contributed by atoms with Crippen LogP contribution in [-0.2, 0) is 11.3 Å². The van der Waals surface area contributed by atoms with Crippen molar-refractivity contribution >= 4 is 11.7 Å². The van der Waals surface area contributed by atoms with Crippen LogP contribution in [0.5, 0.6) is 0 Å². The summed E-state index contributed by atoms with van der Waals surface area (Å²) >= 11 is 0. The molecule has 0 fully saturated rings. The molecule has 0 aliphatic rings. The van der Waals surface area contributed by atoms with Crippen LogP contribution in [0.2, 0.25) is 0 Å². The van der Waals surface area contributed by atoms with E-state index in [1.165, 1.54) is 0 Å². The average molecular weight is 222 g/mol. The Labute approximate surface area is 95.7 Å². The first-order chi connectivity index (χ1) is 7.61. The fraction of sp³-hybridized carbons (Fsp3) is 0.455. The molecule has 1 aromatic heterocycles. The first-order valence-corrected chi connectivity index (χ1v) is 5.28. The summed E-state index contributed by atoms with van der Waals surface area (Å²) in [6.45, 7) is 3.72. The molecule has 0 aromatic carbocycles. The number of pyridine rings is 1. The average Bonchev–Trinajstić information content (AvgIpc) is 2.17. The second-order valence-electron chi connectivity index (χ2n) is 3.68. The minimum Gasteiger partial charge on any atom is -0.370 e. The van der Waals surface area contributed by atoms with Gasteiger partial charge in [0.1, 0.15) is 5.82 Å². The molecule has 1 rings (SSSR count). The van der Waals surface area contributed by atoms with Gasteiger partial charge < -0.3 is 11.1 Å². The summed E-state index contributed by atoms with van der Waals surface area (Å²) < 4.78 is 0. The number of carbonyl (C=O) groups excluding carboxylic acids is 1. The number of rotatable bonds is 6. The van der Waals surface area contributed by atoms with Gasteiger partial charge in [0.25, 0.3) is 0 Å². The third-order valence-corrected chi connectivity index (χ3v) is 2.02. The lowest BCUT2D eigenvalue weighted by atomic mass is 10.3. The molecular weight excluding hydrogens is 204 g/mol. The molecule has 0 atom stereocenters. The van der Waals surface area contributed by atoms with Gasteiger partial charge in [-0.25, -0.2) is 4.98 Å². The normalized spacial score (nSPS) is 10.4. The van der Waals surface area contributed by atoms with Crippen molar-refractivity contribution in [3.05, 3.63) is 23.9 Å². The van der Waals surface area contributed by atoms with Crippen LogP contribution in [0, 0.1) is 0 Å². The third-order valence-electron chi connectivity index (χ3n) is 2.02. The number of anilines is 1. The van der Waals surface area contributed by atoms with Crippen LogP contribution in [0.25, 0.3) is 0 Å². The van der Waals surface area contributed by atoms with Crippen molar-refractivity contribution in [2.24, 2.45) is 5.73 Å². The van der Waals surface area contributed by atoms with E-state index >= 15 is 0 Å². The highest BCUT2D eigenvalue weighted by Gasteiger charge is 2.04. The zero-order valence-corrected chi connectivity index (χ0v) is 9.73. The van der Waals surface area contributed by atoms with Crippen molar-refractivity contribution < 1.29 is 4.79 Å². The first-order valence-electron chi connectivity index (χ1n) is 5.28. The van der Waals surface area contributed by atoms with E-state index in [-0.39, 0.29) is 12.5 Å². The lowest BCUT2D eigenvalue weighted by Gasteiger charge is -2.14. The number of aromatic nitrogens is 1. The Morgan fingerprint density at radius 3 is 2.94 bits per heavy atom. The van der Waals surface area contributed by atoms with E-state index in [4.69, 9.17) is 5.73 Å². The predicted molar refractivity (Wildman–Crippen MR) is 63.9 cm³/mol. The second kappa shape index (κ2) is 6.07. The quantitative estimate of drug-likeness (QED) is 0.732. The monoisotopic (exact) mass is 222 g/mol. The Kier molecular flexibility index (Phi) is 4.72. The Bertz CT molecular complexity index is 354. The van der Waals surface area contributed by atoms with Gasteiger partial charge in [0.15, 0.2) is 0 Å². The van der Waals surface area contributed by atoms with Gasteiger partial charge in [-0.3, -0.25) is 9.69 Å². The number of carbonyl (C=O) groups is 1. The van der Waals surface area contributed by atoms with Crippen molar-refractivity contribution in [1.29, 1.82) is 0 Å². The Morgan fingerprint density at radius 2 is 2.31 bits per heavy atom. The van der Waals surface area contributed by atoms with Crippen LogP contribution in [0.15, 0.2) is 18.2 Å². The molecule has 1 amide bonds. The highest BCUT2D eigenvalue weighted by atomic mass is 16.1. The van der Waals surface area contributed by atoms with E-state index in [0.717, 1.165) is 18.1 Å². The molecule has 0 spiro atoms. The largest absolute Gasteiger partial charge is 0.370 e. The van der Waals surface area contributed by atoms with Crippen molar-refractivity contribution in [2.45, 2.75) is 13.5 Å². The van der Waals surface area contributed by atoms with Gasteiger partial charge in [-0.15, -0.1) is 0 Å². The number of nitrogens with two attached hydrogens (primary N) is 1. The predicted octanol–water partition coefficient (Wildman–Crippen LogP) is 0.430. The molecule has 1 aromatic rings. The minimum absolute atomic E-state index is 0.243. The molecule has 5 heteroatoms. The topological polar surface area (TPSA) is 71.2 Å². The van der Waals surface area contributed by atoms with E-state index in [2.05, 4.69) is 10.3 Å². The summed E-state index contributed by atoms with van der Waals surface area (Å²) in [6.07, 6.45) is 0. The Hall–Kier alpha value is -1.62. The molecule has 0 saturated carbocycles. The van der Waals surface area contributed by atoms with Crippen LogP contribution in [0.1, 0.15) is 12.6 Å². The summed E-state index contributed by atoms with van der Waals surface area (Å²) in [5, 5.41) is 3.14. The van der Waals surface area contributed by atoms with E-state index in [1.807, 2.05) is 37.1 Å². The summed E-state index contributed by atoms with van der Waals surface area (Å²) in [7, 11) is 1.84. The van der Waals surface area contributed by atoms with E-state index < -0.39 is 0 Å². The van der Waals surface area contributed by atoms with Crippen LogP contribution in [0.4, 0.5) is 5.82 Å². The summed E-state index contributed by atoms with van der Waals surface area (Å²) in [6, 6.07) is 5.79. The zero-order valence-electron chi connectivity index (χ0n) is 9.73. The molecule has 0 bridgehead atoms. The molecule has 3 N–H and O–H groups in total. The number of amides is 1. The zero-order chi connectivity index (χ0) is 12.0. The highest BCUT2D eigenvalue weighted by Crippen LogP contribution is 2.06. The number of nitrogens with one attached hydrogen (secondary N) is 1. The maximum atomic E-state index is 10.7. The van der Waals surface area contributed by atoms with Gasteiger partial charge in [0.05, 0.1) is 12.2 Å². The van der Waals surface area contributed by atoms with Gasteiger partial charge in [0, 0.05) is 13.1 Å². The van der Waals surface area contributed by atoms with E-state index in [0.29, 0.717) is 6.54 Å². The first kappa shape index (κ1) is 12.4. The van der Waals surface area contributed by atoms with E-state index in [1.54, 1.807) is 0 Å².